The van der Waals surface area contributed by atoms with Crippen LogP contribution in [0.2, 0.25) is 0 Å². The number of carbonyl (C=O) groups is 1. The molecule has 0 aromatic heterocycles. The van der Waals surface area contributed by atoms with E-state index in [0.717, 1.165) is 68.8 Å². The summed E-state index contributed by atoms with van der Waals surface area (Å²) in [6.45, 7) is 5.42. The summed E-state index contributed by atoms with van der Waals surface area (Å²) < 4.78 is 25.8. The molecule has 2 aromatic carbocycles. The smallest absolute Gasteiger partial charge is 0.219 e. The van der Waals surface area contributed by atoms with E-state index in [4.69, 9.17) is 9.47 Å². The zero-order valence-corrected chi connectivity index (χ0v) is 19.1. The van der Waals surface area contributed by atoms with E-state index in [0.29, 0.717) is 6.61 Å². The number of hydrogen-bond acceptors (Lipinski definition) is 4. The standard InChI is InChI=1S/C26H33FN2O3/c1-20(30)28(2)24-10-15-32-26(17-24)11-13-29(14-12-26)18-22-7-3-4-9-25(22)31-19-21-6-5-8-23(27)16-21/h3-9,16,24H,10-15,17-19H2,1-2H3/t24-/m0/s1. The first-order valence-corrected chi connectivity index (χ1v) is 11.5. The average molecular weight is 441 g/mol. The van der Waals surface area contributed by atoms with Gasteiger partial charge in [-0.1, -0.05) is 30.3 Å². The Morgan fingerprint density at radius 3 is 2.75 bits per heavy atom. The SMILES string of the molecule is CC(=O)N(C)[C@H]1CCOC2(CCN(Cc3ccccc3OCc3cccc(F)c3)CC2)C1. The molecule has 1 spiro atoms. The van der Waals surface area contributed by atoms with E-state index in [1.165, 1.54) is 12.1 Å². The predicted octanol–water partition coefficient (Wildman–Crippen LogP) is 4.40. The predicted molar refractivity (Wildman–Crippen MR) is 122 cm³/mol. The van der Waals surface area contributed by atoms with Crippen molar-refractivity contribution in [2.24, 2.45) is 0 Å². The molecule has 0 bridgehead atoms. The van der Waals surface area contributed by atoms with E-state index >= 15 is 0 Å². The Bertz CT molecular complexity index is 927. The second kappa shape index (κ2) is 10.0. The van der Waals surface area contributed by atoms with Gasteiger partial charge in [-0.05, 0) is 49.4 Å². The largest absolute Gasteiger partial charge is 0.489 e. The van der Waals surface area contributed by atoms with E-state index in [1.807, 2.05) is 36.2 Å². The van der Waals surface area contributed by atoms with Crippen molar-refractivity contribution < 1.29 is 18.7 Å². The number of rotatable bonds is 6. The topological polar surface area (TPSA) is 42.0 Å². The first-order chi connectivity index (χ1) is 15.4. The summed E-state index contributed by atoms with van der Waals surface area (Å²) in [5.41, 5.74) is 1.84. The van der Waals surface area contributed by atoms with Gasteiger partial charge < -0.3 is 14.4 Å². The van der Waals surface area contributed by atoms with E-state index in [9.17, 15) is 9.18 Å². The molecule has 1 atom stereocenters. The zero-order chi connectivity index (χ0) is 22.6. The number of para-hydroxylation sites is 1. The lowest BCUT2D eigenvalue weighted by Gasteiger charge is -2.47. The molecular weight excluding hydrogens is 407 g/mol. The van der Waals surface area contributed by atoms with Crippen molar-refractivity contribution in [3.8, 4) is 5.75 Å². The van der Waals surface area contributed by atoms with Crippen LogP contribution in [0.1, 0.15) is 43.7 Å². The number of ether oxygens (including phenoxy) is 2. The highest BCUT2D eigenvalue weighted by Gasteiger charge is 2.41. The van der Waals surface area contributed by atoms with Crippen molar-refractivity contribution >= 4 is 5.91 Å². The van der Waals surface area contributed by atoms with Gasteiger partial charge in [-0.3, -0.25) is 9.69 Å². The fraction of sp³-hybridized carbons (Fsp3) is 0.500. The minimum atomic E-state index is -0.247. The van der Waals surface area contributed by atoms with Crippen LogP contribution in [0.4, 0.5) is 4.39 Å². The van der Waals surface area contributed by atoms with Crippen LogP contribution in [-0.2, 0) is 22.7 Å². The van der Waals surface area contributed by atoms with E-state index in [1.54, 1.807) is 13.0 Å². The Labute approximate surface area is 190 Å². The normalized spacial score (nSPS) is 20.8. The van der Waals surface area contributed by atoms with Crippen molar-refractivity contribution in [1.82, 2.24) is 9.80 Å². The third kappa shape index (κ3) is 5.48. The summed E-state index contributed by atoms with van der Waals surface area (Å²) in [4.78, 5) is 16.1. The zero-order valence-electron chi connectivity index (χ0n) is 19.1. The molecular formula is C26H33FN2O3. The van der Waals surface area contributed by atoms with Gasteiger partial charge in [-0.25, -0.2) is 4.39 Å². The lowest BCUT2D eigenvalue weighted by Crippen LogP contribution is -2.53. The number of amides is 1. The molecule has 32 heavy (non-hydrogen) atoms. The Hall–Kier alpha value is -2.44. The lowest BCUT2D eigenvalue weighted by atomic mass is 9.82. The molecule has 0 saturated carbocycles. The van der Waals surface area contributed by atoms with Crippen LogP contribution < -0.4 is 4.74 Å². The number of halogens is 1. The maximum atomic E-state index is 13.4. The quantitative estimate of drug-likeness (QED) is 0.668. The maximum absolute atomic E-state index is 13.4. The second-order valence-corrected chi connectivity index (χ2v) is 9.11. The summed E-state index contributed by atoms with van der Waals surface area (Å²) in [5.74, 6) is 0.719. The molecule has 0 radical (unpaired) electrons. The maximum Gasteiger partial charge on any atom is 0.219 e. The van der Waals surface area contributed by atoms with Crippen LogP contribution in [0.5, 0.6) is 5.75 Å². The van der Waals surface area contributed by atoms with Gasteiger partial charge in [0.1, 0.15) is 18.2 Å². The summed E-state index contributed by atoms with van der Waals surface area (Å²) in [7, 11) is 1.90. The van der Waals surface area contributed by atoms with Gasteiger partial charge in [0.25, 0.3) is 0 Å². The van der Waals surface area contributed by atoms with Gasteiger partial charge in [-0.2, -0.15) is 0 Å². The van der Waals surface area contributed by atoms with Crippen LogP contribution >= 0.6 is 0 Å². The molecule has 0 N–H and O–H groups in total. The van der Waals surface area contributed by atoms with Crippen molar-refractivity contribution in [2.75, 3.05) is 26.7 Å². The van der Waals surface area contributed by atoms with Crippen LogP contribution in [0.25, 0.3) is 0 Å². The first-order valence-electron chi connectivity index (χ1n) is 11.5. The minimum absolute atomic E-state index is 0.115. The van der Waals surface area contributed by atoms with E-state index in [2.05, 4.69) is 11.0 Å². The average Bonchev–Trinajstić information content (AvgIpc) is 2.80. The first kappa shape index (κ1) is 22.7. The summed E-state index contributed by atoms with van der Waals surface area (Å²) in [6.07, 6.45) is 3.78. The Morgan fingerprint density at radius 2 is 2.00 bits per heavy atom. The number of carbonyl (C=O) groups excluding carboxylic acids is 1. The summed E-state index contributed by atoms with van der Waals surface area (Å²) in [5, 5.41) is 0. The molecule has 2 heterocycles. The minimum Gasteiger partial charge on any atom is -0.489 e. The molecule has 2 fully saturated rings. The molecule has 1 amide bonds. The van der Waals surface area contributed by atoms with Gasteiger partial charge >= 0.3 is 0 Å². The molecule has 6 heteroatoms. The van der Waals surface area contributed by atoms with E-state index in [-0.39, 0.29) is 23.4 Å². The molecule has 0 unspecified atom stereocenters. The number of likely N-dealkylation sites (tertiary alicyclic amines) is 1. The third-order valence-electron chi connectivity index (χ3n) is 6.93. The Balaban J connectivity index is 1.34. The molecule has 2 aliphatic heterocycles. The van der Waals surface area contributed by atoms with Gasteiger partial charge in [-0.15, -0.1) is 0 Å². The molecule has 0 aliphatic carbocycles. The van der Waals surface area contributed by atoms with Gasteiger partial charge in [0.05, 0.1) is 5.60 Å². The number of benzene rings is 2. The molecule has 4 rings (SSSR count). The lowest BCUT2D eigenvalue weighted by molar-refractivity contribution is -0.146. The Morgan fingerprint density at radius 1 is 1.22 bits per heavy atom. The fourth-order valence-electron chi connectivity index (χ4n) is 4.86. The monoisotopic (exact) mass is 440 g/mol. The highest BCUT2D eigenvalue weighted by atomic mass is 19.1. The van der Waals surface area contributed by atoms with Crippen LogP contribution in [0, 0.1) is 5.82 Å². The fourth-order valence-corrected chi connectivity index (χ4v) is 4.86. The second-order valence-electron chi connectivity index (χ2n) is 9.11. The summed E-state index contributed by atoms with van der Waals surface area (Å²) in [6, 6.07) is 14.9. The molecule has 2 aliphatic rings. The van der Waals surface area contributed by atoms with Gasteiger partial charge in [0.15, 0.2) is 0 Å². The molecule has 2 aromatic rings. The Kier molecular flexibility index (Phi) is 7.11. The van der Waals surface area contributed by atoms with Crippen molar-refractivity contribution in [2.45, 2.75) is 57.4 Å². The van der Waals surface area contributed by atoms with Gasteiger partial charge in [0, 0.05) is 51.8 Å². The van der Waals surface area contributed by atoms with Crippen LogP contribution in [-0.4, -0.2) is 54.1 Å². The molecule has 172 valence electrons. The van der Waals surface area contributed by atoms with Gasteiger partial charge in [0.2, 0.25) is 5.91 Å². The number of piperidine rings is 1. The molecule has 5 nitrogen and oxygen atoms in total. The van der Waals surface area contributed by atoms with Crippen LogP contribution in [0.3, 0.4) is 0 Å². The highest BCUT2D eigenvalue weighted by molar-refractivity contribution is 5.73. The summed E-state index contributed by atoms with van der Waals surface area (Å²) >= 11 is 0. The third-order valence-corrected chi connectivity index (χ3v) is 6.93. The van der Waals surface area contributed by atoms with E-state index < -0.39 is 0 Å². The number of nitrogens with zero attached hydrogens (tertiary/aromatic N) is 2. The van der Waals surface area contributed by atoms with Crippen molar-refractivity contribution in [1.29, 1.82) is 0 Å². The van der Waals surface area contributed by atoms with Crippen molar-refractivity contribution in [3.05, 3.63) is 65.5 Å². The highest BCUT2D eigenvalue weighted by Crippen LogP contribution is 2.37. The molecule has 2 saturated heterocycles. The van der Waals surface area contributed by atoms with Crippen molar-refractivity contribution in [3.63, 3.8) is 0 Å². The van der Waals surface area contributed by atoms with Crippen LogP contribution in [0.15, 0.2) is 48.5 Å². The number of hydrogen-bond donors (Lipinski definition) is 0.